The minimum atomic E-state index is -0.788. The van der Waals surface area contributed by atoms with Crippen molar-refractivity contribution in [2.45, 2.75) is 25.0 Å². The molecule has 0 radical (unpaired) electrons. The molecule has 2 bridgehead atoms. The zero-order valence-corrected chi connectivity index (χ0v) is 8.44. The largest absolute Gasteiger partial charge is 0.453 e. The minimum Gasteiger partial charge on any atom is -0.453 e. The van der Waals surface area contributed by atoms with Gasteiger partial charge >= 0.3 is 5.43 Å². The van der Waals surface area contributed by atoms with Crippen molar-refractivity contribution in [2.75, 3.05) is 13.2 Å². The van der Waals surface area contributed by atoms with Gasteiger partial charge in [0.2, 0.25) is 0 Å². The van der Waals surface area contributed by atoms with Crippen LogP contribution in [0.4, 0.5) is 4.79 Å². The highest BCUT2D eigenvalue weighted by Crippen LogP contribution is 2.43. The number of hydrogen-bond acceptors (Lipinski definition) is 4. The molecule has 80 valence electrons. The van der Waals surface area contributed by atoms with E-state index in [2.05, 4.69) is 0 Å². The summed E-state index contributed by atoms with van der Waals surface area (Å²) in [5.74, 6) is 0.214. The number of rotatable bonds is 3. The zero-order chi connectivity index (χ0) is 10.1. The lowest BCUT2D eigenvalue weighted by Crippen LogP contribution is -2.33. The number of carbonyl (C=O) groups is 1. The number of fused-ring (bicyclic) bond motifs is 2. The van der Waals surface area contributed by atoms with E-state index in [0.29, 0.717) is 0 Å². The molecule has 4 nitrogen and oxygen atoms in total. The smallest absolute Gasteiger partial charge is 0.403 e. The van der Waals surface area contributed by atoms with Gasteiger partial charge in [0.1, 0.15) is 0 Å². The molecular weight excluding hydrogens is 208 g/mol. The molecule has 2 fully saturated rings. The van der Waals surface area contributed by atoms with Crippen LogP contribution >= 0.6 is 11.6 Å². The van der Waals surface area contributed by atoms with Crippen LogP contribution in [0.15, 0.2) is 0 Å². The molecule has 0 aliphatic carbocycles. The third-order valence-corrected chi connectivity index (χ3v) is 3.30. The fourth-order valence-corrected chi connectivity index (χ4v) is 2.58. The van der Waals surface area contributed by atoms with E-state index in [4.69, 9.17) is 21.1 Å². The molecule has 2 aliphatic heterocycles. The number of ether oxygens (including phenoxy) is 2. The molecule has 2 saturated heterocycles. The summed E-state index contributed by atoms with van der Waals surface area (Å²) < 4.78 is 10.4. The summed E-state index contributed by atoms with van der Waals surface area (Å²) in [4.78, 5) is 10.4. The van der Waals surface area contributed by atoms with Crippen LogP contribution in [0.25, 0.3) is 0 Å². The third-order valence-electron chi connectivity index (χ3n) is 3.19. The molecular formula is C9H13ClO4. The lowest BCUT2D eigenvalue weighted by molar-refractivity contribution is 0.0746. The number of carbonyl (C=O) groups excluding carboxylic acids is 1. The van der Waals surface area contributed by atoms with E-state index in [9.17, 15) is 9.90 Å². The maximum absolute atomic E-state index is 10.4. The predicted molar refractivity (Wildman–Crippen MR) is 49.2 cm³/mol. The Morgan fingerprint density at radius 3 is 2.64 bits per heavy atom. The van der Waals surface area contributed by atoms with E-state index < -0.39 is 5.43 Å². The summed E-state index contributed by atoms with van der Waals surface area (Å²) in [7, 11) is 0. The summed E-state index contributed by atoms with van der Waals surface area (Å²) in [6.45, 7) is 0.348. The van der Waals surface area contributed by atoms with Crippen molar-refractivity contribution < 1.29 is 19.4 Å². The Kier molecular flexibility index (Phi) is 2.95. The molecule has 0 aromatic rings. The first-order valence-corrected chi connectivity index (χ1v) is 5.18. The third kappa shape index (κ3) is 1.74. The van der Waals surface area contributed by atoms with E-state index in [0.717, 1.165) is 12.8 Å². The Morgan fingerprint density at radius 1 is 1.43 bits per heavy atom. The second-order valence-electron chi connectivity index (χ2n) is 3.85. The molecule has 2 rings (SSSR count). The molecule has 0 saturated carbocycles. The molecule has 0 unspecified atom stereocenters. The quantitative estimate of drug-likeness (QED) is 0.725. The molecule has 5 heteroatoms. The lowest BCUT2D eigenvalue weighted by Gasteiger charge is -2.25. The maximum atomic E-state index is 10.4. The highest BCUT2D eigenvalue weighted by molar-refractivity contribution is 6.61. The monoisotopic (exact) mass is 220 g/mol. The van der Waals surface area contributed by atoms with Gasteiger partial charge < -0.3 is 14.6 Å². The second-order valence-corrected chi connectivity index (χ2v) is 4.16. The van der Waals surface area contributed by atoms with Crippen LogP contribution in [0.2, 0.25) is 0 Å². The van der Waals surface area contributed by atoms with Crippen molar-refractivity contribution in [1.29, 1.82) is 0 Å². The Morgan fingerprint density at radius 2 is 2.07 bits per heavy atom. The Labute approximate surface area is 87.1 Å². The fourth-order valence-electron chi connectivity index (χ4n) is 2.52. The number of aliphatic hydroxyl groups is 1. The first-order chi connectivity index (χ1) is 6.72. The molecule has 0 aromatic carbocycles. The normalized spacial score (nSPS) is 40.1. The van der Waals surface area contributed by atoms with Crippen molar-refractivity contribution in [2.24, 2.45) is 11.8 Å². The zero-order valence-electron chi connectivity index (χ0n) is 7.69. The van der Waals surface area contributed by atoms with Crippen LogP contribution in [0.3, 0.4) is 0 Å². The topological polar surface area (TPSA) is 55.8 Å². The van der Waals surface area contributed by atoms with Crippen molar-refractivity contribution in [3.05, 3.63) is 0 Å². The van der Waals surface area contributed by atoms with Crippen molar-refractivity contribution in [1.82, 2.24) is 0 Å². The SMILES string of the molecule is O=C(Cl)OC[C@H]1[C@@H](CO)[C@H]2CC[C@@H]1O2. The van der Waals surface area contributed by atoms with Gasteiger partial charge in [-0.15, -0.1) is 0 Å². The molecule has 4 atom stereocenters. The van der Waals surface area contributed by atoms with Gasteiger partial charge in [-0.1, -0.05) is 0 Å². The van der Waals surface area contributed by atoms with Gasteiger partial charge in [-0.3, -0.25) is 0 Å². The van der Waals surface area contributed by atoms with Crippen LogP contribution in [0.1, 0.15) is 12.8 Å². The molecule has 0 amide bonds. The lowest BCUT2D eigenvalue weighted by atomic mass is 9.80. The first-order valence-electron chi connectivity index (χ1n) is 4.81. The van der Waals surface area contributed by atoms with E-state index in [1.807, 2.05) is 0 Å². The first kappa shape index (κ1) is 10.2. The second kappa shape index (κ2) is 4.04. The molecule has 0 aromatic heterocycles. The molecule has 0 spiro atoms. The molecule has 14 heavy (non-hydrogen) atoms. The van der Waals surface area contributed by atoms with Gasteiger partial charge in [0.15, 0.2) is 0 Å². The number of hydrogen-bond donors (Lipinski definition) is 1. The molecule has 2 aliphatic rings. The highest BCUT2D eigenvalue weighted by Gasteiger charge is 2.48. The summed E-state index contributed by atoms with van der Waals surface area (Å²) >= 11 is 5.08. The van der Waals surface area contributed by atoms with Crippen LogP contribution < -0.4 is 0 Å². The summed E-state index contributed by atoms with van der Waals surface area (Å²) in [5.41, 5.74) is -0.788. The molecule has 1 N–H and O–H groups in total. The number of halogens is 1. The van der Waals surface area contributed by atoms with Crippen molar-refractivity contribution in [3.63, 3.8) is 0 Å². The average molecular weight is 221 g/mol. The minimum absolute atomic E-state index is 0.0890. The van der Waals surface area contributed by atoms with E-state index >= 15 is 0 Å². The van der Waals surface area contributed by atoms with E-state index in [-0.39, 0.29) is 37.3 Å². The fraction of sp³-hybridized carbons (Fsp3) is 0.889. The van der Waals surface area contributed by atoms with Gasteiger partial charge in [-0.2, -0.15) is 0 Å². The molecule has 2 heterocycles. The van der Waals surface area contributed by atoms with Crippen molar-refractivity contribution >= 4 is 17.0 Å². The summed E-state index contributed by atoms with van der Waals surface area (Å²) in [5, 5.41) is 9.17. The van der Waals surface area contributed by atoms with Crippen molar-refractivity contribution in [3.8, 4) is 0 Å². The van der Waals surface area contributed by atoms with Gasteiger partial charge in [0, 0.05) is 30.0 Å². The summed E-state index contributed by atoms with van der Waals surface area (Å²) in [6.07, 6.45) is 2.27. The van der Waals surface area contributed by atoms with E-state index in [1.165, 1.54) is 0 Å². The Hall–Kier alpha value is -0.320. The van der Waals surface area contributed by atoms with Gasteiger partial charge in [0.25, 0.3) is 0 Å². The predicted octanol–water partition coefficient (Wildman–Crippen LogP) is 1.15. The summed E-state index contributed by atoms with van der Waals surface area (Å²) in [6, 6.07) is 0. The maximum Gasteiger partial charge on any atom is 0.403 e. The highest BCUT2D eigenvalue weighted by atomic mass is 35.5. The average Bonchev–Trinajstić information content (AvgIpc) is 2.72. The van der Waals surface area contributed by atoms with Crippen LogP contribution in [-0.2, 0) is 9.47 Å². The Bertz CT molecular complexity index is 233. The van der Waals surface area contributed by atoms with E-state index in [1.54, 1.807) is 0 Å². The Balaban J connectivity index is 1.93. The van der Waals surface area contributed by atoms with Gasteiger partial charge in [0.05, 0.1) is 18.8 Å². The van der Waals surface area contributed by atoms with Crippen LogP contribution in [-0.4, -0.2) is 36.0 Å². The number of aliphatic hydroxyl groups excluding tert-OH is 1. The van der Waals surface area contributed by atoms with Gasteiger partial charge in [-0.25, -0.2) is 4.79 Å². The standard InChI is InChI=1S/C9H13ClO4/c10-9(12)13-4-6-5(3-11)7-1-2-8(6)14-7/h5-8,11H,1-4H2/t5-,6+,7-,8+/m1/s1. The van der Waals surface area contributed by atoms with Gasteiger partial charge in [-0.05, 0) is 12.8 Å². The van der Waals surface area contributed by atoms with Crippen LogP contribution in [0, 0.1) is 11.8 Å². The van der Waals surface area contributed by atoms with Crippen LogP contribution in [0.5, 0.6) is 0 Å².